The lowest BCUT2D eigenvalue weighted by Gasteiger charge is -2.10. The first-order valence-corrected chi connectivity index (χ1v) is 10.8. The maximum absolute atomic E-state index is 13.8. The number of hydrogen-bond donors (Lipinski definition) is 0. The fraction of sp³-hybridized carbons (Fsp3) is 0.579. The Balaban J connectivity index is 0.000000500. The maximum Gasteiger partial charge on any atom is 0.673 e. The van der Waals surface area contributed by atoms with Crippen molar-refractivity contribution in [2.45, 2.75) is 69.7 Å². The number of rotatable bonds is 3. The van der Waals surface area contributed by atoms with E-state index in [9.17, 15) is 30.4 Å². The summed E-state index contributed by atoms with van der Waals surface area (Å²) in [6.07, 6.45) is 8.10. The minimum absolute atomic E-state index is 0.115. The number of fused-ring (bicyclic) bond motifs is 1. The molecule has 1 aromatic carbocycles. The first kappa shape index (κ1) is 23.0. The van der Waals surface area contributed by atoms with Crippen LogP contribution in [-0.2, 0) is 11.9 Å². The normalized spacial score (nSPS) is 17.2. The highest BCUT2D eigenvalue weighted by atomic mass is 32.2. The summed E-state index contributed by atoms with van der Waals surface area (Å²) in [6.45, 7) is 2.06. The smallest absolute Gasteiger partial charge is 0.418 e. The maximum atomic E-state index is 13.8. The number of halogens is 7. The molecular weight excluding hydrogens is 404 g/mol. The SMILES string of the molecule is CCCc1ccc2cc(C3CCCCCC3)[s+](C(F)(F)F)c2c1.F[B-](F)(F)F. The van der Waals surface area contributed by atoms with E-state index in [-0.39, 0.29) is 5.92 Å². The Hall–Kier alpha value is -1.25. The van der Waals surface area contributed by atoms with Crippen LogP contribution in [0.25, 0.3) is 10.1 Å². The molecule has 1 aromatic heterocycles. The van der Waals surface area contributed by atoms with Crippen LogP contribution >= 0.6 is 10.5 Å². The molecule has 0 bridgehead atoms. The molecule has 158 valence electrons. The molecule has 28 heavy (non-hydrogen) atoms. The van der Waals surface area contributed by atoms with Crippen molar-refractivity contribution >= 4 is 27.8 Å². The molecule has 0 nitrogen and oxygen atoms in total. The summed E-state index contributed by atoms with van der Waals surface area (Å²) in [5.41, 5.74) is -3.13. The van der Waals surface area contributed by atoms with Gasteiger partial charge in [-0.05, 0) is 30.9 Å². The predicted octanol–water partition coefficient (Wildman–Crippen LogP) is 8.76. The van der Waals surface area contributed by atoms with Crippen LogP contribution in [-0.4, -0.2) is 7.25 Å². The second-order valence-electron chi connectivity index (χ2n) is 7.10. The average Bonchev–Trinajstić information content (AvgIpc) is 2.74. The van der Waals surface area contributed by atoms with E-state index in [1.807, 2.05) is 24.3 Å². The van der Waals surface area contributed by atoms with Gasteiger partial charge in [-0.3, -0.25) is 0 Å². The lowest BCUT2D eigenvalue weighted by molar-refractivity contribution is -0.0868. The Morgan fingerprint density at radius 1 is 0.964 bits per heavy atom. The van der Waals surface area contributed by atoms with Gasteiger partial charge in [0.1, 0.15) is 0 Å². The molecule has 0 saturated heterocycles. The van der Waals surface area contributed by atoms with Crippen LogP contribution in [0.1, 0.15) is 68.2 Å². The van der Waals surface area contributed by atoms with E-state index in [2.05, 4.69) is 6.92 Å². The van der Waals surface area contributed by atoms with Crippen molar-refractivity contribution in [1.82, 2.24) is 0 Å². The third-order valence-corrected chi connectivity index (χ3v) is 7.04. The van der Waals surface area contributed by atoms with Gasteiger partial charge in [0.15, 0.2) is 9.58 Å². The minimum atomic E-state index is -6.00. The van der Waals surface area contributed by atoms with Gasteiger partial charge in [0.2, 0.25) is 0 Å². The van der Waals surface area contributed by atoms with E-state index in [1.165, 1.54) is 0 Å². The third kappa shape index (κ3) is 6.67. The zero-order valence-corrected chi connectivity index (χ0v) is 16.5. The van der Waals surface area contributed by atoms with Crippen LogP contribution in [0.2, 0.25) is 0 Å². The van der Waals surface area contributed by atoms with Gasteiger partial charge in [0, 0.05) is 23.4 Å². The van der Waals surface area contributed by atoms with Crippen LogP contribution in [0.5, 0.6) is 0 Å². The number of aryl methyl sites for hydroxylation is 1. The van der Waals surface area contributed by atoms with Gasteiger partial charge in [-0.2, -0.15) is 0 Å². The van der Waals surface area contributed by atoms with Crippen molar-refractivity contribution in [1.29, 1.82) is 0 Å². The summed E-state index contributed by atoms with van der Waals surface area (Å²) in [6, 6.07) is 7.57. The number of alkyl halides is 3. The highest BCUT2D eigenvalue weighted by Crippen LogP contribution is 2.54. The quantitative estimate of drug-likeness (QED) is 0.198. The van der Waals surface area contributed by atoms with Crippen molar-refractivity contribution in [2.75, 3.05) is 0 Å². The highest BCUT2D eigenvalue weighted by Gasteiger charge is 2.49. The molecule has 9 heteroatoms. The van der Waals surface area contributed by atoms with Gasteiger partial charge < -0.3 is 17.3 Å². The summed E-state index contributed by atoms with van der Waals surface area (Å²) in [5.74, 6) is 0.115. The topological polar surface area (TPSA) is 0 Å². The number of thiophene rings is 1. The minimum Gasteiger partial charge on any atom is -0.418 e. The molecule has 0 N–H and O–H groups in total. The van der Waals surface area contributed by atoms with E-state index >= 15 is 0 Å². The van der Waals surface area contributed by atoms with Crippen LogP contribution < -0.4 is 0 Å². The fourth-order valence-electron chi connectivity index (χ4n) is 3.76. The van der Waals surface area contributed by atoms with E-state index in [4.69, 9.17) is 0 Å². The van der Waals surface area contributed by atoms with Crippen LogP contribution in [0.3, 0.4) is 0 Å². The second-order valence-corrected chi connectivity index (χ2v) is 9.09. The van der Waals surface area contributed by atoms with Gasteiger partial charge in [0.25, 0.3) is 0 Å². The average molecular weight is 428 g/mol. The van der Waals surface area contributed by atoms with Crippen LogP contribution in [0.15, 0.2) is 24.3 Å². The molecule has 0 radical (unpaired) electrons. The van der Waals surface area contributed by atoms with Gasteiger partial charge in [-0.25, -0.2) is 0 Å². The van der Waals surface area contributed by atoms with E-state index in [0.29, 0.717) is 9.58 Å². The molecule has 1 aliphatic rings. The Labute approximate surface area is 163 Å². The molecule has 1 heterocycles. The molecule has 2 aromatic rings. The predicted molar refractivity (Wildman–Crippen MR) is 102 cm³/mol. The Morgan fingerprint density at radius 2 is 1.54 bits per heavy atom. The Bertz CT molecular complexity index is 750. The summed E-state index contributed by atoms with van der Waals surface area (Å²) < 4.78 is 81.0. The first-order chi connectivity index (χ1) is 13.0. The zero-order chi connectivity index (χ0) is 20.9. The van der Waals surface area contributed by atoms with Gasteiger partial charge in [-0.15, -0.1) is 13.2 Å². The molecule has 0 spiro atoms. The van der Waals surface area contributed by atoms with Crippen molar-refractivity contribution in [3.8, 4) is 0 Å². The summed E-state index contributed by atoms with van der Waals surface area (Å²) in [5, 5.41) is 0.796. The van der Waals surface area contributed by atoms with Gasteiger partial charge in [0.05, 0.1) is 10.5 Å². The van der Waals surface area contributed by atoms with Crippen molar-refractivity contribution in [2.24, 2.45) is 0 Å². The van der Waals surface area contributed by atoms with Crippen LogP contribution in [0, 0.1) is 0 Å². The Kier molecular flexibility index (Phi) is 7.82. The van der Waals surface area contributed by atoms with Crippen molar-refractivity contribution < 1.29 is 30.4 Å². The van der Waals surface area contributed by atoms with E-state index in [0.717, 1.165) is 62.3 Å². The molecule has 1 saturated carbocycles. The monoisotopic (exact) mass is 428 g/mol. The highest BCUT2D eigenvalue weighted by molar-refractivity contribution is 7.38. The fourth-order valence-corrected chi connectivity index (χ4v) is 5.98. The zero-order valence-electron chi connectivity index (χ0n) is 15.7. The molecule has 1 fully saturated rings. The summed E-state index contributed by atoms with van der Waals surface area (Å²) in [7, 11) is -7.72. The lowest BCUT2D eigenvalue weighted by Crippen LogP contribution is -2.02. The molecule has 1 unspecified atom stereocenters. The molecule has 3 rings (SSSR count). The molecule has 0 amide bonds. The van der Waals surface area contributed by atoms with Crippen LogP contribution in [0.4, 0.5) is 30.4 Å². The molecule has 1 atom stereocenters. The summed E-state index contributed by atoms with van der Waals surface area (Å²) in [4.78, 5) is 0.656. The van der Waals surface area contributed by atoms with Crippen molar-refractivity contribution in [3.63, 3.8) is 0 Å². The van der Waals surface area contributed by atoms with E-state index in [1.54, 1.807) is 0 Å². The largest absolute Gasteiger partial charge is 0.673 e. The Morgan fingerprint density at radius 3 is 2.04 bits per heavy atom. The number of benzene rings is 1. The first-order valence-electron chi connectivity index (χ1n) is 9.53. The molecule has 0 aliphatic heterocycles. The van der Waals surface area contributed by atoms with Gasteiger partial charge >= 0.3 is 12.8 Å². The van der Waals surface area contributed by atoms with Crippen molar-refractivity contribution in [3.05, 3.63) is 34.7 Å². The molecular formula is C19H24BF7S. The molecule has 1 aliphatic carbocycles. The standard InChI is InChI=1S/C19H24F3S.BF4/c1-2-7-14-10-11-16-13-18(15-8-5-3-4-6-9-15)23(17(16)12-14)19(20,21)22;2-1(3,4)5/h10-13,15H,2-9H2,1H3;/q+1;-1. The lowest BCUT2D eigenvalue weighted by atomic mass is 9.98. The second kappa shape index (κ2) is 9.50. The van der Waals surface area contributed by atoms with E-state index < -0.39 is 23.2 Å². The third-order valence-electron chi connectivity index (χ3n) is 4.86. The van der Waals surface area contributed by atoms with Gasteiger partial charge in [-0.1, -0.05) is 45.1 Å². The summed E-state index contributed by atoms with van der Waals surface area (Å²) >= 11 is 0. The number of hydrogen-bond acceptors (Lipinski definition) is 0.